The number of ether oxygens (including phenoxy) is 2. The fourth-order valence-corrected chi connectivity index (χ4v) is 1.80. The second kappa shape index (κ2) is 5.01. The van der Waals surface area contributed by atoms with Crippen molar-refractivity contribution in [2.45, 2.75) is 51.0 Å². The van der Waals surface area contributed by atoms with E-state index in [1.54, 1.807) is 0 Å². The van der Waals surface area contributed by atoms with Gasteiger partial charge in [-0.1, -0.05) is 0 Å². The first-order valence-electron chi connectivity index (χ1n) is 5.93. The van der Waals surface area contributed by atoms with Crippen molar-refractivity contribution >= 4 is 6.03 Å². The minimum Gasteiger partial charge on any atom is -0.373 e. The largest absolute Gasteiger partial charge is 0.373 e. The molecule has 0 bridgehead atoms. The van der Waals surface area contributed by atoms with E-state index in [4.69, 9.17) is 9.47 Å². The van der Waals surface area contributed by atoms with Crippen LogP contribution in [0.5, 0.6) is 0 Å². The summed E-state index contributed by atoms with van der Waals surface area (Å²) in [4.78, 5) is 11.6. The van der Waals surface area contributed by atoms with E-state index in [9.17, 15) is 4.79 Å². The van der Waals surface area contributed by atoms with E-state index in [0.29, 0.717) is 12.2 Å². The molecule has 2 fully saturated rings. The minimum atomic E-state index is -0.0960. The van der Waals surface area contributed by atoms with Gasteiger partial charge in [-0.15, -0.1) is 0 Å². The molecule has 2 rings (SSSR count). The highest BCUT2D eigenvalue weighted by molar-refractivity contribution is 5.74. The van der Waals surface area contributed by atoms with Gasteiger partial charge in [-0.25, -0.2) is 4.79 Å². The lowest BCUT2D eigenvalue weighted by molar-refractivity contribution is 0.231. The maximum atomic E-state index is 11.6. The molecule has 4 atom stereocenters. The van der Waals surface area contributed by atoms with Gasteiger partial charge >= 0.3 is 6.03 Å². The van der Waals surface area contributed by atoms with Gasteiger partial charge in [0.25, 0.3) is 0 Å². The molecule has 0 aromatic carbocycles. The third-order valence-electron chi connectivity index (χ3n) is 2.79. The van der Waals surface area contributed by atoms with Crippen molar-refractivity contribution in [3.63, 3.8) is 0 Å². The van der Waals surface area contributed by atoms with Crippen molar-refractivity contribution in [2.24, 2.45) is 0 Å². The molecule has 0 spiro atoms. The van der Waals surface area contributed by atoms with E-state index >= 15 is 0 Å². The van der Waals surface area contributed by atoms with Crippen LogP contribution in [0.25, 0.3) is 0 Å². The molecule has 2 heterocycles. The van der Waals surface area contributed by atoms with Crippen molar-refractivity contribution in [1.82, 2.24) is 10.6 Å². The molecular weight excluding hydrogens is 208 g/mol. The molecule has 16 heavy (non-hydrogen) atoms. The SMILES string of the molecule is CC(CC1CO1)NC(=O)NC(C)CC1CO1. The summed E-state index contributed by atoms with van der Waals surface area (Å²) < 4.78 is 10.2. The summed E-state index contributed by atoms with van der Waals surface area (Å²) >= 11 is 0. The molecule has 5 nitrogen and oxygen atoms in total. The van der Waals surface area contributed by atoms with Gasteiger partial charge in [-0.2, -0.15) is 0 Å². The Morgan fingerprint density at radius 3 is 1.81 bits per heavy atom. The van der Waals surface area contributed by atoms with Crippen molar-refractivity contribution in [2.75, 3.05) is 13.2 Å². The Morgan fingerprint density at radius 2 is 1.50 bits per heavy atom. The summed E-state index contributed by atoms with van der Waals surface area (Å²) in [6.07, 6.45) is 2.50. The summed E-state index contributed by atoms with van der Waals surface area (Å²) in [5.74, 6) is 0. The van der Waals surface area contributed by atoms with Gasteiger partial charge in [0.15, 0.2) is 0 Å². The number of urea groups is 1. The van der Waals surface area contributed by atoms with Crippen LogP contribution >= 0.6 is 0 Å². The van der Waals surface area contributed by atoms with E-state index < -0.39 is 0 Å². The molecule has 2 saturated heterocycles. The third kappa shape index (κ3) is 4.37. The Morgan fingerprint density at radius 1 is 1.12 bits per heavy atom. The molecule has 92 valence electrons. The number of carbonyl (C=O) groups excluding carboxylic acids is 1. The van der Waals surface area contributed by atoms with E-state index in [2.05, 4.69) is 10.6 Å². The van der Waals surface area contributed by atoms with Crippen LogP contribution in [0.2, 0.25) is 0 Å². The quantitative estimate of drug-likeness (QED) is 0.656. The predicted molar refractivity (Wildman–Crippen MR) is 59.3 cm³/mol. The summed E-state index contributed by atoms with van der Waals surface area (Å²) in [7, 11) is 0. The molecule has 2 aliphatic rings. The topological polar surface area (TPSA) is 66.2 Å². The van der Waals surface area contributed by atoms with Gasteiger partial charge in [-0.3, -0.25) is 0 Å². The average Bonchev–Trinajstić information content (AvgIpc) is 2.98. The predicted octanol–water partition coefficient (Wildman–Crippen LogP) is 0.640. The van der Waals surface area contributed by atoms with Crippen LogP contribution in [0.15, 0.2) is 0 Å². The first-order valence-corrected chi connectivity index (χ1v) is 5.93. The summed E-state index contributed by atoms with van der Waals surface area (Å²) in [6.45, 7) is 5.66. The fraction of sp³-hybridized carbons (Fsp3) is 0.909. The molecule has 2 aliphatic heterocycles. The zero-order valence-corrected chi connectivity index (χ0v) is 9.86. The number of rotatable bonds is 6. The molecule has 2 N–H and O–H groups in total. The van der Waals surface area contributed by atoms with Crippen LogP contribution in [0.1, 0.15) is 26.7 Å². The Labute approximate surface area is 95.9 Å². The molecule has 0 aromatic heterocycles. The lowest BCUT2D eigenvalue weighted by atomic mass is 10.2. The van der Waals surface area contributed by atoms with Gasteiger partial charge in [0.05, 0.1) is 25.4 Å². The van der Waals surface area contributed by atoms with Crippen molar-refractivity contribution in [3.05, 3.63) is 0 Å². The lowest BCUT2D eigenvalue weighted by Crippen LogP contribution is -2.45. The molecule has 4 unspecified atom stereocenters. The fourth-order valence-electron chi connectivity index (χ4n) is 1.80. The highest BCUT2D eigenvalue weighted by Gasteiger charge is 2.27. The smallest absolute Gasteiger partial charge is 0.315 e. The summed E-state index contributed by atoms with van der Waals surface area (Å²) in [5.41, 5.74) is 0. The lowest BCUT2D eigenvalue weighted by Gasteiger charge is -2.17. The highest BCUT2D eigenvalue weighted by Crippen LogP contribution is 2.16. The molecular formula is C11H20N2O3. The number of hydrogen-bond donors (Lipinski definition) is 2. The van der Waals surface area contributed by atoms with Gasteiger partial charge < -0.3 is 20.1 Å². The van der Waals surface area contributed by atoms with Crippen LogP contribution in [-0.2, 0) is 9.47 Å². The third-order valence-corrected chi connectivity index (χ3v) is 2.79. The number of amides is 2. The van der Waals surface area contributed by atoms with Crippen molar-refractivity contribution < 1.29 is 14.3 Å². The zero-order valence-electron chi connectivity index (χ0n) is 9.86. The van der Waals surface area contributed by atoms with Crippen LogP contribution in [0, 0.1) is 0 Å². The van der Waals surface area contributed by atoms with Crippen LogP contribution in [-0.4, -0.2) is 43.5 Å². The van der Waals surface area contributed by atoms with Crippen LogP contribution < -0.4 is 10.6 Å². The van der Waals surface area contributed by atoms with Gasteiger partial charge in [0.2, 0.25) is 0 Å². The van der Waals surface area contributed by atoms with Crippen molar-refractivity contribution in [1.29, 1.82) is 0 Å². The monoisotopic (exact) mass is 228 g/mol. The molecule has 0 aromatic rings. The van der Waals surface area contributed by atoms with E-state index in [-0.39, 0.29) is 18.1 Å². The van der Waals surface area contributed by atoms with E-state index in [1.807, 2.05) is 13.8 Å². The minimum absolute atomic E-state index is 0.0960. The Hall–Kier alpha value is -0.810. The molecule has 2 amide bonds. The summed E-state index contributed by atoms with van der Waals surface area (Å²) in [5, 5.41) is 5.81. The van der Waals surface area contributed by atoms with Gasteiger partial charge in [0.1, 0.15) is 0 Å². The van der Waals surface area contributed by atoms with Gasteiger partial charge in [0, 0.05) is 12.1 Å². The van der Waals surface area contributed by atoms with Crippen molar-refractivity contribution in [3.8, 4) is 0 Å². The molecule has 5 heteroatoms. The first-order chi connectivity index (χ1) is 7.63. The normalized spacial score (nSPS) is 30.4. The molecule has 0 aliphatic carbocycles. The second-order valence-electron chi connectivity index (χ2n) is 4.80. The first kappa shape index (κ1) is 11.7. The highest BCUT2D eigenvalue weighted by atomic mass is 16.6. The Balaban J connectivity index is 1.57. The zero-order chi connectivity index (χ0) is 11.5. The number of epoxide rings is 2. The molecule has 0 radical (unpaired) electrons. The van der Waals surface area contributed by atoms with E-state index in [1.165, 1.54) is 0 Å². The second-order valence-corrected chi connectivity index (χ2v) is 4.80. The standard InChI is InChI=1S/C11H20N2O3/c1-7(3-9-5-15-9)12-11(14)13-8(2)4-10-6-16-10/h7-10H,3-6H2,1-2H3,(H2,12,13,14). The number of nitrogens with one attached hydrogen (secondary N) is 2. The number of hydrogen-bond acceptors (Lipinski definition) is 3. The van der Waals surface area contributed by atoms with E-state index in [0.717, 1.165) is 26.1 Å². The Kier molecular flexibility index (Phi) is 3.66. The average molecular weight is 228 g/mol. The maximum absolute atomic E-state index is 11.6. The molecule has 0 saturated carbocycles. The number of carbonyl (C=O) groups is 1. The van der Waals surface area contributed by atoms with Crippen LogP contribution in [0.3, 0.4) is 0 Å². The Bertz CT molecular complexity index is 228. The van der Waals surface area contributed by atoms with Crippen LogP contribution in [0.4, 0.5) is 4.79 Å². The van der Waals surface area contributed by atoms with Gasteiger partial charge in [-0.05, 0) is 26.7 Å². The maximum Gasteiger partial charge on any atom is 0.315 e. The summed E-state index contributed by atoms with van der Waals surface area (Å²) in [6, 6.07) is 0.232.